The summed E-state index contributed by atoms with van der Waals surface area (Å²) in [4.78, 5) is 24.1. The maximum atomic E-state index is 12.7. The third-order valence-corrected chi connectivity index (χ3v) is 4.76. The van der Waals surface area contributed by atoms with Gasteiger partial charge in [-0.2, -0.15) is 0 Å². The third-order valence-electron chi connectivity index (χ3n) is 4.76. The fourth-order valence-electron chi connectivity index (χ4n) is 3.54. The summed E-state index contributed by atoms with van der Waals surface area (Å²) in [5.74, 6) is 0.293. The fourth-order valence-corrected chi connectivity index (χ4v) is 3.54. The van der Waals surface area contributed by atoms with E-state index in [9.17, 15) is 9.59 Å². The van der Waals surface area contributed by atoms with Crippen molar-refractivity contribution in [3.8, 4) is 0 Å². The molecule has 2 unspecified atom stereocenters. The molecule has 0 spiro atoms. The number of ether oxygens (including phenoxy) is 1. The highest BCUT2D eigenvalue weighted by atomic mass is 16.5. The highest BCUT2D eigenvalue weighted by Crippen LogP contribution is 2.45. The normalized spacial score (nSPS) is 26.9. The molecule has 1 aliphatic carbocycles. The third kappa shape index (κ3) is 3.74. The van der Waals surface area contributed by atoms with Crippen LogP contribution in [-0.4, -0.2) is 25.0 Å². The fraction of sp³-hybridized carbons (Fsp3) is 0.875. The number of hydrogen-bond acceptors (Lipinski definition) is 3. The molecule has 0 heterocycles. The molecule has 116 valence electrons. The van der Waals surface area contributed by atoms with E-state index in [4.69, 9.17) is 4.74 Å². The Labute approximate surface area is 122 Å². The van der Waals surface area contributed by atoms with Gasteiger partial charge in [-0.25, -0.2) is 0 Å². The van der Waals surface area contributed by atoms with Crippen molar-refractivity contribution in [1.82, 2.24) is 5.32 Å². The van der Waals surface area contributed by atoms with E-state index in [0.717, 1.165) is 19.3 Å². The molecule has 0 saturated heterocycles. The van der Waals surface area contributed by atoms with Gasteiger partial charge >= 0.3 is 5.97 Å². The van der Waals surface area contributed by atoms with Crippen molar-refractivity contribution >= 4 is 11.9 Å². The second-order valence-electron chi connectivity index (χ2n) is 6.18. The van der Waals surface area contributed by atoms with Gasteiger partial charge in [-0.3, -0.25) is 9.59 Å². The highest BCUT2D eigenvalue weighted by Gasteiger charge is 2.46. The smallest absolute Gasteiger partial charge is 0.325 e. The minimum Gasteiger partial charge on any atom is -0.465 e. The molecule has 1 saturated carbocycles. The van der Waals surface area contributed by atoms with Crippen LogP contribution in [0.5, 0.6) is 0 Å². The van der Waals surface area contributed by atoms with Crippen LogP contribution in [0.25, 0.3) is 0 Å². The van der Waals surface area contributed by atoms with E-state index in [2.05, 4.69) is 26.1 Å². The van der Waals surface area contributed by atoms with Crippen LogP contribution in [0.15, 0.2) is 0 Å². The molecular weight excluding hydrogens is 254 g/mol. The Balaban J connectivity index is 2.78. The van der Waals surface area contributed by atoms with Gasteiger partial charge in [0.15, 0.2) is 0 Å². The van der Waals surface area contributed by atoms with Crippen LogP contribution in [0.3, 0.4) is 0 Å². The van der Waals surface area contributed by atoms with Crippen molar-refractivity contribution in [3.05, 3.63) is 0 Å². The molecule has 1 amide bonds. The first-order valence-electron chi connectivity index (χ1n) is 7.89. The van der Waals surface area contributed by atoms with Crippen LogP contribution in [0.4, 0.5) is 0 Å². The van der Waals surface area contributed by atoms with Crippen LogP contribution >= 0.6 is 0 Å². The van der Waals surface area contributed by atoms with Crippen LogP contribution in [-0.2, 0) is 14.3 Å². The summed E-state index contributed by atoms with van der Waals surface area (Å²) in [5, 5.41) is 2.80. The Morgan fingerprint density at radius 1 is 1.30 bits per heavy atom. The van der Waals surface area contributed by atoms with E-state index in [0.29, 0.717) is 12.5 Å². The molecule has 0 aliphatic heterocycles. The topological polar surface area (TPSA) is 55.4 Å². The van der Waals surface area contributed by atoms with Gasteiger partial charge in [0.2, 0.25) is 5.91 Å². The zero-order chi connectivity index (χ0) is 15.2. The summed E-state index contributed by atoms with van der Waals surface area (Å²) in [6, 6.07) is 0. The number of carbonyl (C=O) groups excluding carboxylic acids is 2. The second-order valence-corrected chi connectivity index (χ2v) is 6.18. The molecule has 0 radical (unpaired) electrons. The number of nitrogens with one attached hydrogen (secondary N) is 1. The minimum atomic E-state index is -0.360. The van der Waals surface area contributed by atoms with E-state index < -0.39 is 0 Å². The van der Waals surface area contributed by atoms with Crippen molar-refractivity contribution in [2.75, 3.05) is 13.2 Å². The first kappa shape index (κ1) is 17.0. The van der Waals surface area contributed by atoms with E-state index in [1.807, 2.05) is 0 Å². The zero-order valence-electron chi connectivity index (χ0n) is 13.3. The lowest BCUT2D eigenvalue weighted by atomic mass is 9.65. The molecule has 1 N–H and O–H groups in total. The molecule has 1 aliphatic rings. The molecule has 4 heteroatoms. The van der Waals surface area contributed by atoms with Gasteiger partial charge in [-0.1, -0.05) is 40.0 Å². The molecule has 0 aromatic rings. The van der Waals surface area contributed by atoms with Gasteiger partial charge in [-0.15, -0.1) is 0 Å². The summed E-state index contributed by atoms with van der Waals surface area (Å²) in [6.07, 6.45) is 5.49. The number of rotatable bonds is 5. The number of amides is 1. The lowest BCUT2D eigenvalue weighted by molar-refractivity contribution is -0.146. The number of hydrogen-bond donors (Lipinski definition) is 1. The summed E-state index contributed by atoms with van der Waals surface area (Å²) in [7, 11) is 0. The molecule has 2 atom stereocenters. The Bertz CT molecular complexity index is 341. The number of carbonyl (C=O) groups is 2. The van der Waals surface area contributed by atoms with E-state index in [-0.39, 0.29) is 29.8 Å². The summed E-state index contributed by atoms with van der Waals surface area (Å²) in [5.41, 5.74) is -0.344. The molecule has 0 aromatic heterocycles. The van der Waals surface area contributed by atoms with Gasteiger partial charge in [0, 0.05) is 0 Å². The lowest BCUT2D eigenvalue weighted by Gasteiger charge is -2.40. The standard InChI is InChI=1S/C16H29NO3/c1-5-20-14(18)11-17-15(19)16(12(2)3)10-8-6-7-9-13(16)4/h12-13H,5-11H2,1-4H3,(H,17,19). The molecule has 1 rings (SSSR count). The predicted molar refractivity (Wildman–Crippen MR) is 79.2 cm³/mol. The molecule has 20 heavy (non-hydrogen) atoms. The monoisotopic (exact) mass is 283 g/mol. The summed E-state index contributed by atoms with van der Waals surface area (Å²) in [6.45, 7) is 8.50. The first-order chi connectivity index (χ1) is 9.45. The zero-order valence-corrected chi connectivity index (χ0v) is 13.3. The minimum absolute atomic E-state index is 0.0200. The highest BCUT2D eigenvalue weighted by molar-refractivity contribution is 5.86. The Morgan fingerprint density at radius 3 is 2.60 bits per heavy atom. The second kappa shape index (κ2) is 7.65. The van der Waals surface area contributed by atoms with Crippen molar-refractivity contribution in [3.63, 3.8) is 0 Å². The SMILES string of the molecule is CCOC(=O)CNC(=O)C1(C(C)C)CCCCCC1C. The largest absolute Gasteiger partial charge is 0.465 e. The van der Waals surface area contributed by atoms with Crippen molar-refractivity contribution in [2.24, 2.45) is 17.3 Å². The van der Waals surface area contributed by atoms with Crippen molar-refractivity contribution in [2.45, 2.75) is 59.8 Å². The predicted octanol–water partition coefficient (Wildman–Crippen LogP) is 2.91. The van der Waals surface area contributed by atoms with Crippen LogP contribution in [0.1, 0.15) is 59.8 Å². The molecule has 0 bridgehead atoms. The van der Waals surface area contributed by atoms with Gasteiger partial charge < -0.3 is 10.1 Å². The quantitative estimate of drug-likeness (QED) is 0.623. The lowest BCUT2D eigenvalue weighted by Crippen LogP contribution is -2.49. The van der Waals surface area contributed by atoms with Crippen LogP contribution < -0.4 is 5.32 Å². The summed E-state index contributed by atoms with van der Waals surface area (Å²) < 4.78 is 4.87. The van der Waals surface area contributed by atoms with Crippen molar-refractivity contribution < 1.29 is 14.3 Å². The molecular formula is C16H29NO3. The van der Waals surface area contributed by atoms with E-state index >= 15 is 0 Å². The Morgan fingerprint density at radius 2 is 2.00 bits per heavy atom. The van der Waals surface area contributed by atoms with Gasteiger partial charge in [0.05, 0.1) is 12.0 Å². The van der Waals surface area contributed by atoms with Crippen LogP contribution in [0, 0.1) is 17.3 Å². The molecule has 4 nitrogen and oxygen atoms in total. The van der Waals surface area contributed by atoms with Gasteiger partial charge in [0.1, 0.15) is 6.54 Å². The van der Waals surface area contributed by atoms with Gasteiger partial charge in [-0.05, 0) is 31.6 Å². The first-order valence-corrected chi connectivity index (χ1v) is 7.89. The number of esters is 1. The average molecular weight is 283 g/mol. The Hall–Kier alpha value is -1.06. The maximum absolute atomic E-state index is 12.7. The van der Waals surface area contributed by atoms with E-state index in [1.54, 1.807) is 6.92 Å². The summed E-state index contributed by atoms with van der Waals surface area (Å²) >= 11 is 0. The van der Waals surface area contributed by atoms with Crippen molar-refractivity contribution in [1.29, 1.82) is 0 Å². The Kier molecular flexibility index (Phi) is 6.50. The molecule has 1 fully saturated rings. The molecule has 0 aromatic carbocycles. The van der Waals surface area contributed by atoms with Gasteiger partial charge in [0.25, 0.3) is 0 Å². The van der Waals surface area contributed by atoms with E-state index in [1.165, 1.54) is 12.8 Å². The van der Waals surface area contributed by atoms with Crippen LogP contribution in [0.2, 0.25) is 0 Å². The maximum Gasteiger partial charge on any atom is 0.325 e. The average Bonchev–Trinajstić information content (AvgIpc) is 2.59.